The molecule has 1 aromatic rings. The Hall–Kier alpha value is -0.940. The van der Waals surface area contributed by atoms with E-state index in [4.69, 9.17) is 0 Å². The lowest BCUT2D eigenvalue weighted by atomic mass is 10.0. The summed E-state index contributed by atoms with van der Waals surface area (Å²) in [6, 6.07) is 0.874. The van der Waals surface area contributed by atoms with E-state index >= 15 is 0 Å². The number of carbonyl (C=O) groups is 1. The van der Waals surface area contributed by atoms with Crippen molar-refractivity contribution in [3.8, 4) is 0 Å². The van der Waals surface area contributed by atoms with Crippen LogP contribution in [-0.2, 0) is 0 Å². The molecule has 4 rings (SSSR count). The van der Waals surface area contributed by atoms with Gasteiger partial charge in [-0.25, -0.2) is 4.98 Å². The van der Waals surface area contributed by atoms with Crippen LogP contribution in [0.5, 0.6) is 0 Å². The number of fused-ring (bicyclic) bond motifs is 1. The van der Waals surface area contributed by atoms with Crippen LogP contribution in [0.25, 0.3) is 0 Å². The molecule has 3 fully saturated rings. The Labute approximate surface area is 117 Å². The molecule has 0 spiro atoms. The van der Waals surface area contributed by atoms with Gasteiger partial charge in [0.05, 0.1) is 11.2 Å². The van der Waals surface area contributed by atoms with Crippen LogP contribution in [0.4, 0.5) is 0 Å². The van der Waals surface area contributed by atoms with Gasteiger partial charge < -0.3 is 4.90 Å². The molecule has 5 heteroatoms. The molecule has 2 saturated heterocycles. The van der Waals surface area contributed by atoms with Crippen LogP contribution in [0.15, 0.2) is 5.51 Å². The average molecular weight is 277 g/mol. The molecule has 2 aliphatic heterocycles. The van der Waals surface area contributed by atoms with Gasteiger partial charge in [-0.15, -0.1) is 11.3 Å². The lowest BCUT2D eigenvalue weighted by molar-refractivity contribution is 0.0777. The van der Waals surface area contributed by atoms with Crippen LogP contribution in [0.1, 0.15) is 28.2 Å². The molecule has 0 N–H and O–H groups in total. The van der Waals surface area contributed by atoms with Crippen molar-refractivity contribution in [3.63, 3.8) is 0 Å². The zero-order valence-electron chi connectivity index (χ0n) is 11.2. The maximum absolute atomic E-state index is 12.5. The van der Waals surface area contributed by atoms with Gasteiger partial charge in [-0.1, -0.05) is 0 Å². The number of hydrogen-bond donors (Lipinski definition) is 0. The second kappa shape index (κ2) is 4.28. The SMILES string of the molecule is Cc1ncsc1C(=O)N1CC2CN(C3CC3)CC2C1. The number of aryl methyl sites for hydroxylation is 1. The Balaban J connectivity index is 1.43. The molecular weight excluding hydrogens is 258 g/mol. The minimum atomic E-state index is 0.201. The molecule has 19 heavy (non-hydrogen) atoms. The first-order valence-corrected chi connectivity index (χ1v) is 8.03. The van der Waals surface area contributed by atoms with Crippen molar-refractivity contribution < 1.29 is 4.79 Å². The number of thiazole rings is 1. The monoisotopic (exact) mass is 277 g/mol. The van der Waals surface area contributed by atoms with E-state index in [1.54, 1.807) is 5.51 Å². The standard InChI is InChI=1S/C14H19N3OS/c1-9-13(19-8-15-9)14(18)17-6-10-4-16(12-2-3-12)5-11(10)7-17/h8,10-12H,2-7H2,1H3. The van der Waals surface area contributed by atoms with Crippen LogP contribution < -0.4 is 0 Å². The molecule has 1 saturated carbocycles. The Morgan fingerprint density at radius 3 is 2.47 bits per heavy atom. The zero-order valence-corrected chi connectivity index (χ0v) is 12.0. The van der Waals surface area contributed by atoms with Crippen LogP contribution >= 0.6 is 11.3 Å². The van der Waals surface area contributed by atoms with Crippen molar-refractivity contribution in [1.29, 1.82) is 0 Å². The van der Waals surface area contributed by atoms with Crippen LogP contribution in [0, 0.1) is 18.8 Å². The minimum absolute atomic E-state index is 0.201. The molecule has 1 amide bonds. The lowest BCUT2D eigenvalue weighted by Gasteiger charge is -2.21. The van der Waals surface area contributed by atoms with Crippen molar-refractivity contribution in [3.05, 3.63) is 16.1 Å². The highest BCUT2D eigenvalue weighted by Gasteiger charge is 2.45. The summed E-state index contributed by atoms with van der Waals surface area (Å²) in [5.41, 5.74) is 2.65. The molecule has 102 valence electrons. The van der Waals surface area contributed by atoms with Gasteiger partial charge in [0.15, 0.2) is 0 Å². The summed E-state index contributed by atoms with van der Waals surface area (Å²) in [6.07, 6.45) is 2.78. The molecular formula is C14H19N3OS. The van der Waals surface area contributed by atoms with Gasteiger partial charge in [-0.3, -0.25) is 9.69 Å². The highest BCUT2D eigenvalue weighted by atomic mass is 32.1. The Bertz CT molecular complexity index is 497. The third-order valence-electron chi connectivity index (χ3n) is 4.80. The molecule has 2 unspecified atom stereocenters. The second-order valence-corrected chi connectivity index (χ2v) is 7.04. The van der Waals surface area contributed by atoms with Gasteiger partial charge in [0.1, 0.15) is 4.88 Å². The number of likely N-dealkylation sites (tertiary alicyclic amines) is 2. The Kier molecular flexibility index (Phi) is 2.67. The molecule has 2 atom stereocenters. The fraction of sp³-hybridized carbons (Fsp3) is 0.714. The van der Waals surface area contributed by atoms with E-state index in [1.807, 2.05) is 6.92 Å². The Morgan fingerprint density at radius 1 is 1.26 bits per heavy atom. The summed E-state index contributed by atoms with van der Waals surface area (Å²) < 4.78 is 0. The van der Waals surface area contributed by atoms with Gasteiger partial charge in [0.2, 0.25) is 0 Å². The quantitative estimate of drug-likeness (QED) is 0.824. The van der Waals surface area contributed by atoms with Crippen molar-refractivity contribution in [2.75, 3.05) is 26.2 Å². The maximum Gasteiger partial charge on any atom is 0.265 e. The summed E-state index contributed by atoms with van der Waals surface area (Å²) in [5.74, 6) is 1.61. The highest BCUT2D eigenvalue weighted by Crippen LogP contribution is 2.38. The van der Waals surface area contributed by atoms with Gasteiger partial charge in [-0.05, 0) is 31.6 Å². The first-order chi connectivity index (χ1) is 9.22. The number of carbonyl (C=O) groups excluding carboxylic acids is 1. The van der Waals surface area contributed by atoms with Crippen molar-refractivity contribution >= 4 is 17.2 Å². The smallest absolute Gasteiger partial charge is 0.265 e. The fourth-order valence-electron chi connectivity index (χ4n) is 3.58. The second-order valence-electron chi connectivity index (χ2n) is 6.18. The number of aromatic nitrogens is 1. The van der Waals surface area contributed by atoms with Crippen LogP contribution in [-0.4, -0.2) is 52.9 Å². The van der Waals surface area contributed by atoms with E-state index in [0.29, 0.717) is 11.8 Å². The molecule has 4 nitrogen and oxygen atoms in total. The molecule has 0 aromatic carbocycles. The molecule has 1 aromatic heterocycles. The number of nitrogens with zero attached hydrogens (tertiary/aromatic N) is 3. The van der Waals surface area contributed by atoms with Gasteiger partial charge in [-0.2, -0.15) is 0 Å². The summed E-state index contributed by atoms with van der Waals surface area (Å²) in [7, 11) is 0. The van der Waals surface area contributed by atoms with E-state index in [2.05, 4.69) is 14.8 Å². The van der Waals surface area contributed by atoms with Crippen molar-refractivity contribution in [1.82, 2.24) is 14.8 Å². The predicted molar refractivity (Wildman–Crippen MR) is 74.3 cm³/mol. The average Bonchev–Trinajstić information content (AvgIpc) is 2.84. The zero-order chi connectivity index (χ0) is 13.0. The fourth-order valence-corrected chi connectivity index (χ4v) is 4.35. The number of hydrogen-bond acceptors (Lipinski definition) is 4. The molecule has 3 aliphatic rings. The molecule has 1 aliphatic carbocycles. The normalized spacial score (nSPS) is 30.9. The topological polar surface area (TPSA) is 36.4 Å². The highest BCUT2D eigenvalue weighted by molar-refractivity contribution is 7.11. The maximum atomic E-state index is 12.5. The van der Waals surface area contributed by atoms with E-state index < -0.39 is 0 Å². The van der Waals surface area contributed by atoms with E-state index in [-0.39, 0.29) is 5.91 Å². The summed E-state index contributed by atoms with van der Waals surface area (Å²) in [5, 5.41) is 0. The predicted octanol–water partition coefficient (Wildman–Crippen LogP) is 1.62. The van der Waals surface area contributed by atoms with E-state index in [1.165, 1.54) is 37.3 Å². The first kappa shape index (κ1) is 11.9. The van der Waals surface area contributed by atoms with Crippen molar-refractivity contribution in [2.24, 2.45) is 11.8 Å². The van der Waals surface area contributed by atoms with Gasteiger partial charge in [0, 0.05) is 32.2 Å². The summed E-state index contributed by atoms with van der Waals surface area (Å²) >= 11 is 1.48. The molecule has 3 heterocycles. The van der Waals surface area contributed by atoms with E-state index in [9.17, 15) is 4.79 Å². The third kappa shape index (κ3) is 1.99. The van der Waals surface area contributed by atoms with Crippen molar-refractivity contribution in [2.45, 2.75) is 25.8 Å². The van der Waals surface area contributed by atoms with Gasteiger partial charge >= 0.3 is 0 Å². The number of amides is 1. The minimum Gasteiger partial charge on any atom is -0.337 e. The van der Waals surface area contributed by atoms with Crippen LogP contribution in [0.3, 0.4) is 0 Å². The molecule has 0 radical (unpaired) electrons. The lowest BCUT2D eigenvalue weighted by Crippen LogP contribution is -2.33. The first-order valence-electron chi connectivity index (χ1n) is 7.16. The third-order valence-corrected chi connectivity index (χ3v) is 5.72. The van der Waals surface area contributed by atoms with Crippen LogP contribution in [0.2, 0.25) is 0 Å². The van der Waals surface area contributed by atoms with Gasteiger partial charge in [0.25, 0.3) is 5.91 Å². The Morgan fingerprint density at radius 2 is 1.95 bits per heavy atom. The largest absolute Gasteiger partial charge is 0.337 e. The summed E-state index contributed by atoms with van der Waals surface area (Å²) in [4.78, 5) is 22.2. The number of rotatable bonds is 2. The van der Waals surface area contributed by atoms with E-state index in [0.717, 1.165) is 29.7 Å². The molecule has 0 bridgehead atoms. The summed E-state index contributed by atoms with van der Waals surface area (Å²) in [6.45, 7) is 6.24.